The van der Waals surface area contributed by atoms with Crippen LogP contribution < -0.4 is 11.1 Å². The number of para-hydroxylation sites is 1. The molecule has 3 N–H and O–H groups in total. The van der Waals surface area contributed by atoms with Crippen molar-refractivity contribution in [3.63, 3.8) is 0 Å². The fourth-order valence-electron chi connectivity index (χ4n) is 2.86. The van der Waals surface area contributed by atoms with Crippen molar-refractivity contribution in [1.29, 1.82) is 0 Å². The molecule has 29 heavy (non-hydrogen) atoms. The first-order valence-electron chi connectivity index (χ1n) is 9.10. The highest BCUT2D eigenvalue weighted by atomic mass is 32.2. The Morgan fingerprint density at radius 2 is 1.86 bits per heavy atom. The van der Waals surface area contributed by atoms with Crippen LogP contribution in [0.5, 0.6) is 0 Å². The first kappa shape index (κ1) is 20.5. The molecule has 0 bridgehead atoms. The zero-order valence-electron chi connectivity index (χ0n) is 16.4. The molecule has 0 fully saturated rings. The van der Waals surface area contributed by atoms with Gasteiger partial charge in [-0.05, 0) is 36.6 Å². The number of hydrogen-bond acceptors (Lipinski definition) is 6. The fourth-order valence-corrected chi connectivity index (χ4v) is 3.72. The number of hydrogen-bond donors (Lipinski definition) is 2. The van der Waals surface area contributed by atoms with Crippen LogP contribution in [0.25, 0.3) is 17.1 Å². The van der Waals surface area contributed by atoms with Crippen LogP contribution in [0.3, 0.4) is 0 Å². The van der Waals surface area contributed by atoms with E-state index in [1.54, 1.807) is 19.3 Å². The molecule has 9 heteroatoms. The van der Waals surface area contributed by atoms with Gasteiger partial charge >= 0.3 is 6.03 Å². The smallest absolute Gasteiger partial charge is 0.318 e. The Kier molecular flexibility index (Phi) is 6.28. The summed E-state index contributed by atoms with van der Waals surface area (Å²) in [5.74, 6) is 0.400. The monoisotopic (exact) mass is 410 g/mol. The van der Waals surface area contributed by atoms with Gasteiger partial charge in [0.15, 0.2) is 11.0 Å². The summed E-state index contributed by atoms with van der Waals surface area (Å²) >= 11 is 1.20. The standard InChI is InChI=1S/C20H22N6O2S/c1-12(2)15-8-4-5-9-16(15)26-17(14-7-6-10-22-11-14)24-25-20(26)29-13(3)18(27)23-19(21)28/h4-13H,1-3H3,(H3,21,23,27,28)/t13-/m1/s1. The summed E-state index contributed by atoms with van der Waals surface area (Å²) in [5, 5.41) is 10.7. The third kappa shape index (κ3) is 4.62. The first-order valence-corrected chi connectivity index (χ1v) is 9.98. The van der Waals surface area contributed by atoms with Crippen molar-refractivity contribution in [1.82, 2.24) is 25.1 Å². The Hall–Kier alpha value is -3.20. The highest BCUT2D eigenvalue weighted by Crippen LogP contribution is 2.33. The molecule has 3 aromatic rings. The summed E-state index contributed by atoms with van der Waals surface area (Å²) in [6.45, 7) is 5.91. The van der Waals surface area contributed by atoms with Crippen molar-refractivity contribution in [2.75, 3.05) is 0 Å². The van der Waals surface area contributed by atoms with E-state index >= 15 is 0 Å². The lowest BCUT2D eigenvalue weighted by molar-refractivity contribution is -0.119. The topological polar surface area (TPSA) is 116 Å². The molecule has 0 aliphatic rings. The third-order valence-corrected chi connectivity index (χ3v) is 5.29. The van der Waals surface area contributed by atoms with Gasteiger partial charge < -0.3 is 5.73 Å². The average molecular weight is 411 g/mol. The Labute approximate surface area is 172 Å². The summed E-state index contributed by atoms with van der Waals surface area (Å²) in [5.41, 5.74) is 7.91. The van der Waals surface area contributed by atoms with Crippen molar-refractivity contribution in [3.05, 3.63) is 54.4 Å². The molecular weight excluding hydrogens is 388 g/mol. The number of carbonyl (C=O) groups is 2. The second-order valence-corrected chi connectivity index (χ2v) is 8.02. The number of nitrogens with two attached hydrogens (primary N) is 1. The first-order chi connectivity index (χ1) is 13.9. The van der Waals surface area contributed by atoms with Gasteiger partial charge in [-0.1, -0.05) is 43.8 Å². The molecule has 0 spiro atoms. The number of carbonyl (C=O) groups excluding carboxylic acids is 2. The lowest BCUT2D eigenvalue weighted by Gasteiger charge is -2.17. The number of thioether (sulfide) groups is 1. The number of nitrogens with zero attached hydrogens (tertiary/aromatic N) is 4. The number of imide groups is 1. The molecular formula is C20H22N6O2S. The predicted molar refractivity (Wildman–Crippen MR) is 112 cm³/mol. The van der Waals surface area contributed by atoms with Gasteiger partial charge in [-0.15, -0.1) is 10.2 Å². The van der Waals surface area contributed by atoms with E-state index in [0.717, 1.165) is 16.8 Å². The molecule has 2 aromatic heterocycles. The van der Waals surface area contributed by atoms with E-state index < -0.39 is 17.2 Å². The number of rotatable bonds is 6. The summed E-state index contributed by atoms with van der Waals surface area (Å²) in [7, 11) is 0. The molecule has 0 aliphatic carbocycles. The normalized spacial score (nSPS) is 12.0. The van der Waals surface area contributed by atoms with Crippen LogP contribution in [0.1, 0.15) is 32.3 Å². The quantitative estimate of drug-likeness (QED) is 0.603. The van der Waals surface area contributed by atoms with E-state index in [1.165, 1.54) is 11.8 Å². The Bertz CT molecular complexity index is 1020. The number of primary amides is 1. The summed E-state index contributed by atoms with van der Waals surface area (Å²) in [6, 6.07) is 10.8. The van der Waals surface area contributed by atoms with Gasteiger partial charge in [0, 0.05) is 18.0 Å². The van der Waals surface area contributed by atoms with E-state index in [1.807, 2.05) is 34.9 Å². The number of amides is 3. The largest absolute Gasteiger partial charge is 0.351 e. The molecule has 150 valence electrons. The van der Waals surface area contributed by atoms with Gasteiger partial charge in [0.25, 0.3) is 0 Å². The van der Waals surface area contributed by atoms with Crippen LogP contribution in [0.15, 0.2) is 53.9 Å². The van der Waals surface area contributed by atoms with E-state index in [2.05, 4.69) is 40.4 Å². The maximum Gasteiger partial charge on any atom is 0.318 e. The fraction of sp³-hybridized carbons (Fsp3) is 0.250. The van der Waals surface area contributed by atoms with Gasteiger partial charge in [0.2, 0.25) is 5.91 Å². The zero-order chi connectivity index (χ0) is 21.0. The second kappa shape index (κ2) is 8.87. The van der Waals surface area contributed by atoms with Gasteiger partial charge in [-0.3, -0.25) is 19.7 Å². The SMILES string of the molecule is CC(C)c1ccccc1-n1c(S[C@H](C)C(=O)NC(N)=O)nnc1-c1cccnc1. The number of aromatic nitrogens is 4. The summed E-state index contributed by atoms with van der Waals surface area (Å²) < 4.78 is 1.92. The van der Waals surface area contributed by atoms with E-state index in [9.17, 15) is 9.59 Å². The molecule has 0 aliphatic heterocycles. The number of nitrogens with one attached hydrogen (secondary N) is 1. The molecule has 3 rings (SSSR count). The van der Waals surface area contributed by atoms with Crippen LogP contribution >= 0.6 is 11.8 Å². The van der Waals surface area contributed by atoms with Crippen molar-refractivity contribution in [3.8, 4) is 17.1 Å². The molecule has 1 atom stereocenters. The average Bonchev–Trinajstić information content (AvgIpc) is 3.11. The van der Waals surface area contributed by atoms with Crippen LogP contribution in [-0.4, -0.2) is 36.9 Å². The van der Waals surface area contributed by atoms with Crippen LogP contribution in [-0.2, 0) is 4.79 Å². The van der Waals surface area contributed by atoms with Gasteiger partial charge in [-0.25, -0.2) is 4.79 Å². The minimum absolute atomic E-state index is 0.267. The summed E-state index contributed by atoms with van der Waals surface area (Å²) in [4.78, 5) is 27.3. The van der Waals surface area contributed by atoms with Crippen LogP contribution in [0, 0.1) is 0 Å². The van der Waals surface area contributed by atoms with E-state index in [4.69, 9.17) is 5.73 Å². The lowest BCUT2D eigenvalue weighted by atomic mass is 10.0. The van der Waals surface area contributed by atoms with Crippen LogP contribution in [0.2, 0.25) is 0 Å². The predicted octanol–water partition coefficient (Wildman–Crippen LogP) is 3.13. The van der Waals surface area contributed by atoms with Gasteiger partial charge in [0.05, 0.1) is 10.9 Å². The molecule has 3 amide bonds. The van der Waals surface area contributed by atoms with E-state index in [-0.39, 0.29) is 5.92 Å². The number of pyridine rings is 1. The number of benzene rings is 1. The molecule has 0 saturated heterocycles. The van der Waals surface area contributed by atoms with Crippen molar-refractivity contribution in [2.45, 2.75) is 37.1 Å². The Balaban J connectivity index is 2.10. The molecule has 2 heterocycles. The van der Waals surface area contributed by atoms with Crippen molar-refractivity contribution in [2.24, 2.45) is 5.73 Å². The molecule has 0 saturated carbocycles. The highest BCUT2D eigenvalue weighted by Gasteiger charge is 2.24. The highest BCUT2D eigenvalue weighted by molar-refractivity contribution is 8.00. The van der Waals surface area contributed by atoms with Gasteiger partial charge in [0.1, 0.15) is 0 Å². The minimum Gasteiger partial charge on any atom is -0.351 e. The number of urea groups is 1. The maximum atomic E-state index is 12.2. The molecule has 1 aromatic carbocycles. The Morgan fingerprint density at radius 1 is 1.10 bits per heavy atom. The summed E-state index contributed by atoms with van der Waals surface area (Å²) in [6.07, 6.45) is 3.41. The molecule has 8 nitrogen and oxygen atoms in total. The minimum atomic E-state index is -0.884. The van der Waals surface area contributed by atoms with E-state index in [0.29, 0.717) is 11.0 Å². The van der Waals surface area contributed by atoms with Gasteiger partial charge in [-0.2, -0.15) is 0 Å². The van der Waals surface area contributed by atoms with Crippen molar-refractivity contribution < 1.29 is 9.59 Å². The van der Waals surface area contributed by atoms with Crippen LogP contribution in [0.4, 0.5) is 4.79 Å². The third-order valence-electron chi connectivity index (χ3n) is 4.25. The molecule has 0 radical (unpaired) electrons. The van der Waals surface area contributed by atoms with Crippen molar-refractivity contribution >= 4 is 23.7 Å². The zero-order valence-corrected chi connectivity index (χ0v) is 17.2. The molecule has 0 unspecified atom stereocenters. The lowest BCUT2D eigenvalue weighted by Crippen LogP contribution is -2.39. The second-order valence-electron chi connectivity index (χ2n) is 6.71. The Morgan fingerprint density at radius 3 is 2.52 bits per heavy atom. The maximum absolute atomic E-state index is 12.2.